The van der Waals surface area contributed by atoms with E-state index in [1.165, 1.54) is 0 Å². The fraction of sp³-hybridized carbons (Fsp3) is 0.238. The molecule has 0 bridgehead atoms. The van der Waals surface area contributed by atoms with Crippen LogP contribution in [0, 0.1) is 6.92 Å². The van der Waals surface area contributed by atoms with Crippen molar-refractivity contribution in [3.8, 4) is 0 Å². The number of hydrogen-bond acceptors (Lipinski definition) is 2. The van der Waals surface area contributed by atoms with Crippen molar-refractivity contribution in [1.82, 2.24) is 10.3 Å². The van der Waals surface area contributed by atoms with E-state index in [9.17, 15) is 9.59 Å². The molecule has 2 aromatic carbocycles. The largest absolute Gasteiger partial charge is 0.356 e. The fourth-order valence-electron chi connectivity index (χ4n) is 2.92. The average Bonchev–Trinajstić information content (AvgIpc) is 2.60. The topological polar surface area (TPSA) is 62.0 Å². The number of carbonyl (C=O) groups excluding carboxylic acids is 1. The predicted octanol–water partition coefficient (Wildman–Crippen LogP) is 3.78. The van der Waals surface area contributed by atoms with Crippen LogP contribution in [0.15, 0.2) is 53.3 Å². The third kappa shape index (κ3) is 4.73. The number of fused-ring (bicyclic) bond motifs is 1. The van der Waals surface area contributed by atoms with Gasteiger partial charge in [0.2, 0.25) is 5.91 Å². The number of aryl methyl sites for hydroxylation is 2. The fourth-order valence-corrected chi connectivity index (χ4v) is 3.13. The van der Waals surface area contributed by atoms with Gasteiger partial charge in [0.05, 0.1) is 0 Å². The molecule has 0 aliphatic carbocycles. The van der Waals surface area contributed by atoms with Crippen LogP contribution in [-0.2, 0) is 17.6 Å². The minimum absolute atomic E-state index is 0.0598. The second kappa shape index (κ2) is 8.19. The zero-order valence-corrected chi connectivity index (χ0v) is 15.4. The van der Waals surface area contributed by atoms with Gasteiger partial charge in [-0.3, -0.25) is 9.59 Å². The number of amides is 1. The van der Waals surface area contributed by atoms with Gasteiger partial charge in [0.15, 0.2) is 0 Å². The molecule has 0 aliphatic rings. The second-order valence-electron chi connectivity index (χ2n) is 6.44. The van der Waals surface area contributed by atoms with E-state index in [1.54, 1.807) is 0 Å². The summed E-state index contributed by atoms with van der Waals surface area (Å²) in [5.74, 6) is -0.0598. The molecule has 1 aromatic heterocycles. The van der Waals surface area contributed by atoms with E-state index < -0.39 is 0 Å². The third-order valence-corrected chi connectivity index (χ3v) is 4.56. The van der Waals surface area contributed by atoms with Crippen LogP contribution in [0.4, 0.5) is 0 Å². The predicted molar refractivity (Wildman–Crippen MR) is 106 cm³/mol. The summed E-state index contributed by atoms with van der Waals surface area (Å²) in [6, 6.07) is 15.4. The van der Waals surface area contributed by atoms with Gasteiger partial charge in [0, 0.05) is 29.1 Å². The summed E-state index contributed by atoms with van der Waals surface area (Å²) in [5, 5.41) is 4.56. The summed E-state index contributed by atoms with van der Waals surface area (Å²) in [7, 11) is 0. The molecule has 0 saturated carbocycles. The first kappa shape index (κ1) is 18.2. The van der Waals surface area contributed by atoms with E-state index >= 15 is 0 Å². The van der Waals surface area contributed by atoms with Gasteiger partial charge in [-0.05, 0) is 60.5 Å². The van der Waals surface area contributed by atoms with Crippen molar-refractivity contribution in [3.05, 3.63) is 80.6 Å². The molecule has 1 heterocycles. The summed E-state index contributed by atoms with van der Waals surface area (Å²) in [6.45, 7) is 2.53. The maximum Gasteiger partial charge on any atom is 0.251 e. The van der Waals surface area contributed by atoms with Crippen molar-refractivity contribution in [2.24, 2.45) is 0 Å². The highest BCUT2D eigenvalue weighted by atomic mass is 35.5. The van der Waals surface area contributed by atoms with Crippen molar-refractivity contribution in [1.29, 1.82) is 0 Å². The van der Waals surface area contributed by atoms with Gasteiger partial charge >= 0.3 is 0 Å². The Labute approximate surface area is 157 Å². The van der Waals surface area contributed by atoms with Crippen LogP contribution in [0.25, 0.3) is 10.9 Å². The van der Waals surface area contributed by atoms with E-state index in [0.29, 0.717) is 23.6 Å². The highest BCUT2D eigenvalue weighted by Crippen LogP contribution is 2.14. The van der Waals surface area contributed by atoms with E-state index in [-0.39, 0.29) is 17.9 Å². The van der Waals surface area contributed by atoms with Crippen molar-refractivity contribution in [2.75, 3.05) is 6.54 Å². The van der Waals surface area contributed by atoms with Crippen LogP contribution in [-0.4, -0.2) is 17.4 Å². The van der Waals surface area contributed by atoms with Gasteiger partial charge in [0.1, 0.15) is 0 Å². The van der Waals surface area contributed by atoms with Gasteiger partial charge in [-0.2, -0.15) is 0 Å². The smallest absolute Gasteiger partial charge is 0.251 e. The number of benzene rings is 2. The van der Waals surface area contributed by atoms with E-state index in [0.717, 1.165) is 28.5 Å². The molecule has 2 N–H and O–H groups in total. The van der Waals surface area contributed by atoms with Gasteiger partial charge in [-0.25, -0.2) is 0 Å². The normalized spacial score (nSPS) is 10.8. The van der Waals surface area contributed by atoms with Crippen LogP contribution in [0.1, 0.15) is 23.1 Å². The maximum atomic E-state index is 12.2. The van der Waals surface area contributed by atoms with Gasteiger partial charge in [0.25, 0.3) is 5.56 Å². The minimum atomic E-state index is -0.130. The molecule has 26 heavy (non-hydrogen) atoms. The van der Waals surface area contributed by atoms with Crippen molar-refractivity contribution in [2.45, 2.75) is 26.2 Å². The summed E-state index contributed by atoms with van der Waals surface area (Å²) >= 11 is 5.95. The lowest BCUT2D eigenvalue weighted by Gasteiger charge is -2.07. The lowest BCUT2D eigenvalue weighted by Crippen LogP contribution is -2.26. The Balaban J connectivity index is 1.54. The zero-order valence-electron chi connectivity index (χ0n) is 14.6. The minimum Gasteiger partial charge on any atom is -0.356 e. The van der Waals surface area contributed by atoms with Crippen molar-refractivity contribution < 1.29 is 4.79 Å². The molecule has 3 aromatic rings. The number of nitrogens with one attached hydrogen (secondary N) is 2. The molecule has 0 unspecified atom stereocenters. The Hall–Kier alpha value is -2.59. The molecule has 0 fully saturated rings. The Bertz CT molecular complexity index is 995. The first-order valence-corrected chi connectivity index (χ1v) is 9.03. The molecule has 0 atom stereocenters. The number of pyridine rings is 1. The summed E-state index contributed by atoms with van der Waals surface area (Å²) in [6.07, 6.45) is 1.43. The highest BCUT2D eigenvalue weighted by Gasteiger charge is 2.07. The first-order valence-electron chi connectivity index (χ1n) is 8.65. The van der Waals surface area contributed by atoms with Crippen LogP contribution in [0.3, 0.4) is 0 Å². The molecule has 3 rings (SSSR count). The van der Waals surface area contributed by atoms with E-state index in [4.69, 9.17) is 11.6 Å². The molecule has 1 amide bonds. The molecule has 0 aliphatic heterocycles. The van der Waals surface area contributed by atoms with Crippen LogP contribution in [0.5, 0.6) is 0 Å². The van der Waals surface area contributed by atoms with Crippen molar-refractivity contribution >= 4 is 28.4 Å². The molecule has 4 nitrogen and oxygen atoms in total. The number of aromatic amines is 1. The molecule has 134 valence electrons. The number of halogens is 1. The lowest BCUT2D eigenvalue weighted by atomic mass is 10.1. The summed E-state index contributed by atoms with van der Waals surface area (Å²) < 4.78 is 0. The molecule has 0 saturated heterocycles. The summed E-state index contributed by atoms with van der Waals surface area (Å²) in [4.78, 5) is 27.1. The molecular weight excluding hydrogens is 348 g/mol. The molecular formula is C21H21ClN2O2. The van der Waals surface area contributed by atoms with Gasteiger partial charge in [-0.1, -0.05) is 35.9 Å². The Morgan fingerprint density at radius 1 is 1.12 bits per heavy atom. The number of H-pyrrole nitrogens is 1. The first-order chi connectivity index (χ1) is 12.5. The Morgan fingerprint density at radius 3 is 2.77 bits per heavy atom. The Morgan fingerprint density at radius 2 is 1.96 bits per heavy atom. The maximum absolute atomic E-state index is 12.2. The van der Waals surface area contributed by atoms with Crippen LogP contribution >= 0.6 is 11.6 Å². The summed E-state index contributed by atoms with van der Waals surface area (Å²) in [5.41, 5.74) is 3.50. The number of hydrogen-bond donors (Lipinski definition) is 2. The molecule has 0 spiro atoms. The van der Waals surface area contributed by atoms with E-state index in [1.807, 2.05) is 55.5 Å². The molecule has 5 heteroatoms. The Kier molecular flexibility index (Phi) is 5.74. The van der Waals surface area contributed by atoms with E-state index in [2.05, 4.69) is 10.3 Å². The van der Waals surface area contributed by atoms with Crippen LogP contribution < -0.4 is 10.9 Å². The quantitative estimate of drug-likeness (QED) is 0.695. The number of aromatic nitrogens is 1. The number of rotatable bonds is 6. The third-order valence-electron chi connectivity index (χ3n) is 4.32. The van der Waals surface area contributed by atoms with Gasteiger partial charge in [-0.15, -0.1) is 0 Å². The zero-order chi connectivity index (χ0) is 18.5. The second-order valence-corrected chi connectivity index (χ2v) is 6.88. The average molecular weight is 369 g/mol. The van der Waals surface area contributed by atoms with Gasteiger partial charge < -0.3 is 10.3 Å². The number of carbonyl (C=O) groups is 1. The highest BCUT2D eigenvalue weighted by molar-refractivity contribution is 6.30. The SMILES string of the molecule is Cc1ccc2cc(CCC(=O)NCCc3cccc(Cl)c3)c(=O)[nH]c2c1. The standard InChI is InChI=1S/C21H21ClN2O2/c1-14-5-6-16-13-17(21(26)24-19(16)11-14)7-8-20(25)23-10-9-15-3-2-4-18(22)12-15/h2-6,11-13H,7-10H2,1H3,(H,23,25)(H,24,26). The monoisotopic (exact) mass is 368 g/mol. The molecule has 0 radical (unpaired) electrons. The lowest BCUT2D eigenvalue weighted by molar-refractivity contribution is -0.121. The van der Waals surface area contributed by atoms with Crippen molar-refractivity contribution in [3.63, 3.8) is 0 Å². The van der Waals surface area contributed by atoms with Crippen LogP contribution in [0.2, 0.25) is 5.02 Å².